The molecule has 0 unspecified atom stereocenters. The van der Waals surface area contributed by atoms with E-state index in [-0.39, 0.29) is 5.91 Å². The number of rotatable bonds is 6. The highest BCUT2D eigenvalue weighted by Crippen LogP contribution is 2.30. The largest absolute Gasteiger partial charge is 0.457 e. The zero-order valence-electron chi connectivity index (χ0n) is 16.8. The lowest BCUT2D eigenvalue weighted by atomic mass is 10.2. The Labute approximate surface area is 174 Å². The van der Waals surface area contributed by atoms with E-state index in [1.165, 1.54) is 11.8 Å². The molecule has 30 heavy (non-hydrogen) atoms. The molecule has 0 spiro atoms. The van der Waals surface area contributed by atoms with E-state index in [4.69, 9.17) is 4.74 Å². The van der Waals surface area contributed by atoms with Crippen molar-refractivity contribution >= 4 is 34.0 Å². The Morgan fingerprint density at radius 2 is 1.83 bits per heavy atom. The molecular weight excluding hydrogens is 376 g/mol. The van der Waals surface area contributed by atoms with E-state index in [1.54, 1.807) is 18.3 Å². The van der Waals surface area contributed by atoms with Crippen LogP contribution in [0.1, 0.15) is 5.69 Å². The Hall–Kier alpha value is -4.06. The maximum atomic E-state index is 11.7. The Bertz CT molecular complexity index is 1240. The van der Waals surface area contributed by atoms with E-state index in [9.17, 15) is 4.79 Å². The monoisotopic (exact) mass is 398 g/mol. The van der Waals surface area contributed by atoms with Crippen molar-refractivity contribution in [3.63, 3.8) is 0 Å². The van der Waals surface area contributed by atoms with Crippen molar-refractivity contribution in [3.8, 4) is 11.5 Å². The average molecular weight is 398 g/mol. The number of fused-ring (bicyclic) bond motifs is 1. The number of anilines is 3. The van der Waals surface area contributed by atoms with Gasteiger partial charge in [-0.1, -0.05) is 18.7 Å². The summed E-state index contributed by atoms with van der Waals surface area (Å²) in [5, 5.41) is 7.13. The topological polar surface area (TPSA) is 68.2 Å². The lowest BCUT2D eigenvalue weighted by Gasteiger charge is -2.13. The number of carbonyl (C=O) groups excluding carboxylic acids is 1. The molecule has 0 atom stereocenters. The van der Waals surface area contributed by atoms with E-state index >= 15 is 0 Å². The summed E-state index contributed by atoms with van der Waals surface area (Å²) >= 11 is 0. The molecule has 6 heteroatoms. The normalized spacial score (nSPS) is 10.6. The first-order valence-electron chi connectivity index (χ1n) is 9.53. The number of hydrogen-bond donors (Lipinski definition) is 2. The quantitative estimate of drug-likeness (QED) is 0.418. The van der Waals surface area contributed by atoms with Crippen LogP contribution in [0, 0.1) is 6.92 Å². The fraction of sp³-hybridized carbons (Fsp3) is 0.0833. The molecule has 150 valence electrons. The third kappa shape index (κ3) is 4.03. The van der Waals surface area contributed by atoms with E-state index < -0.39 is 0 Å². The number of aryl methyl sites for hydroxylation is 2. The molecule has 0 aliphatic carbocycles. The second-order valence-corrected chi connectivity index (χ2v) is 6.91. The van der Waals surface area contributed by atoms with Crippen LogP contribution in [-0.2, 0) is 11.8 Å². The Morgan fingerprint density at radius 1 is 1.07 bits per heavy atom. The predicted molar refractivity (Wildman–Crippen MR) is 121 cm³/mol. The minimum Gasteiger partial charge on any atom is -0.457 e. The molecule has 1 amide bonds. The van der Waals surface area contributed by atoms with Crippen LogP contribution in [0.4, 0.5) is 17.2 Å². The molecule has 0 radical (unpaired) electrons. The summed E-state index contributed by atoms with van der Waals surface area (Å²) in [7, 11) is 2.05. The number of benzene rings is 2. The standard InChI is InChI=1S/C24H22N4O2/c1-4-24(29)27-21-8-6-5-7-20(21)26-23-15-19(11-12-25-23)30-18-9-10-22-17(14-18)13-16(2)28(22)3/h4-15H,1H2,2-3H3,(H,25,26)(H,27,29). The number of para-hydroxylation sites is 2. The SMILES string of the molecule is C=CC(=O)Nc1ccccc1Nc1cc(Oc2ccc3c(c2)cc(C)n3C)ccn1. The molecule has 4 aromatic rings. The van der Waals surface area contributed by atoms with E-state index in [0.717, 1.165) is 22.3 Å². The van der Waals surface area contributed by atoms with Crippen molar-refractivity contribution in [1.29, 1.82) is 0 Å². The fourth-order valence-electron chi connectivity index (χ4n) is 3.23. The molecule has 2 N–H and O–H groups in total. The molecule has 0 fully saturated rings. The van der Waals surface area contributed by atoms with Crippen LogP contribution in [0.15, 0.2) is 79.5 Å². The van der Waals surface area contributed by atoms with Gasteiger partial charge < -0.3 is 19.9 Å². The number of nitrogens with one attached hydrogen (secondary N) is 2. The summed E-state index contributed by atoms with van der Waals surface area (Å²) in [5.41, 5.74) is 3.72. The van der Waals surface area contributed by atoms with E-state index in [2.05, 4.69) is 45.8 Å². The number of ether oxygens (including phenoxy) is 1. The third-order valence-electron chi connectivity index (χ3n) is 4.85. The second kappa shape index (κ2) is 8.13. The molecule has 0 saturated carbocycles. The highest BCUT2D eigenvalue weighted by molar-refractivity contribution is 6.01. The van der Waals surface area contributed by atoms with Crippen LogP contribution in [0.25, 0.3) is 10.9 Å². The number of pyridine rings is 1. The van der Waals surface area contributed by atoms with Gasteiger partial charge in [0, 0.05) is 35.9 Å². The highest BCUT2D eigenvalue weighted by Gasteiger charge is 2.08. The number of nitrogens with zero attached hydrogens (tertiary/aromatic N) is 2. The summed E-state index contributed by atoms with van der Waals surface area (Å²) in [5.74, 6) is 1.74. The summed E-state index contributed by atoms with van der Waals surface area (Å²) < 4.78 is 8.20. The van der Waals surface area contributed by atoms with Gasteiger partial charge >= 0.3 is 0 Å². The number of aromatic nitrogens is 2. The van der Waals surface area contributed by atoms with Crippen LogP contribution >= 0.6 is 0 Å². The van der Waals surface area contributed by atoms with Gasteiger partial charge in [-0.3, -0.25) is 4.79 Å². The maximum Gasteiger partial charge on any atom is 0.247 e. The molecule has 4 rings (SSSR count). The second-order valence-electron chi connectivity index (χ2n) is 6.91. The Morgan fingerprint density at radius 3 is 2.63 bits per heavy atom. The van der Waals surface area contributed by atoms with Gasteiger partial charge in [-0.2, -0.15) is 0 Å². The van der Waals surface area contributed by atoms with Crippen molar-refractivity contribution < 1.29 is 9.53 Å². The molecule has 0 bridgehead atoms. The predicted octanol–water partition coefficient (Wildman–Crippen LogP) is 5.54. The smallest absolute Gasteiger partial charge is 0.247 e. The molecular formula is C24H22N4O2. The van der Waals surface area contributed by atoms with Gasteiger partial charge in [0.05, 0.1) is 11.4 Å². The van der Waals surface area contributed by atoms with Gasteiger partial charge in [0.1, 0.15) is 17.3 Å². The molecule has 2 aromatic carbocycles. The van der Waals surface area contributed by atoms with Gasteiger partial charge in [0.25, 0.3) is 0 Å². The molecule has 6 nitrogen and oxygen atoms in total. The molecule has 2 aromatic heterocycles. The molecule has 2 heterocycles. The van der Waals surface area contributed by atoms with Crippen molar-refractivity contribution in [1.82, 2.24) is 9.55 Å². The third-order valence-corrected chi connectivity index (χ3v) is 4.85. The zero-order chi connectivity index (χ0) is 21.1. The van der Waals surface area contributed by atoms with Gasteiger partial charge in [-0.05, 0) is 55.5 Å². The summed E-state index contributed by atoms with van der Waals surface area (Å²) in [6, 6.07) is 19.2. The Kier molecular flexibility index (Phi) is 5.22. The maximum absolute atomic E-state index is 11.7. The van der Waals surface area contributed by atoms with Crippen molar-refractivity contribution in [2.75, 3.05) is 10.6 Å². The minimum absolute atomic E-state index is 0.277. The number of amides is 1. The first-order valence-corrected chi connectivity index (χ1v) is 9.53. The fourth-order valence-corrected chi connectivity index (χ4v) is 3.23. The Balaban J connectivity index is 1.55. The highest BCUT2D eigenvalue weighted by atomic mass is 16.5. The van der Waals surface area contributed by atoms with Crippen molar-refractivity contribution in [2.45, 2.75) is 6.92 Å². The molecule has 0 saturated heterocycles. The van der Waals surface area contributed by atoms with Crippen LogP contribution in [-0.4, -0.2) is 15.5 Å². The van der Waals surface area contributed by atoms with Gasteiger partial charge in [-0.15, -0.1) is 0 Å². The number of carbonyl (C=O) groups is 1. The van der Waals surface area contributed by atoms with Crippen LogP contribution in [0.2, 0.25) is 0 Å². The first-order chi connectivity index (χ1) is 14.5. The van der Waals surface area contributed by atoms with Crippen LogP contribution < -0.4 is 15.4 Å². The summed E-state index contributed by atoms with van der Waals surface area (Å²) in [4.78, 5) is 16.0. The average Bonchev–Trinajstić information content (AvgIpc) is 3.02. The summed E-state index contributed by atoms with van der Waals surface area (Å²) in [6.45, 7) is 5.56. The van der Waals surface area contributed by atoms with Crippen LogP contribution in [0.3, 0.4) is 0 Å². The summed E-state index contributed by atoms with van der Waals surface area (Å²) in [6.07, 6.45) is 2.91. The van der Waals surface area contributed by atoms with Crippen molar-refractivity contribution in [2.24, 2.45) is 7.05 Å². The van der Waals surface area contributed by atoms with Gasteiger partial charge in [0.15, 0.2) is 0 Å². The van der Waals surface area contributed by atoms with Gasteiger partial charge in [-0.25, -0.2) is 4.98 Å². The molecule has 0 aliphatic heterocycles. The lowest BCUT2D eigenvalue weighted by Crippen LogP contribution is -2.09. The minimum atomic E-state index is -0.277. The first kappa shape index (κ1) is 19.3. The molecule has 0 aliphatic rings. The van der Waals surface area contributed by atoms with E-state index in [0.29, 0.717) is 17.3 Å². The lowest BCUT2D eigenvalue weighted by molar-refractivity contribution is -0.111. The van der Waals surface area contributed by atoms with E-state index in [1.807, 2.05) is 43.4 Å². The van der Waals surface area contributed by atoms with Crippen LogP contribution in [0.5, 0.6) is 11.5 Å². The van der Waals surface area contributed by atoms with Gasteiger partial charge in [0.2, 0.25) is 5.91 Å². The number of hydrogen-bond acceptors (Lipinski definition) is 4. The van der Waals surface area contributed by atoms with Crippen molar-refractivity contribution in [3.05, 3.63) is 85.2 Å². The zero-order valence-corrected chi connectivity index (χ0v) is 16.8.